The summed E-state index contributed by atoms with van der Waals surface area (Å²) in [5.41, 5.74) is 0.234. The molecule has 7 heteroatoms. The number of rotatable bonds is 6. The van der Waals surface area contributed by atoms with E-state index in [1.165, 1.54) is 17.0 Å². The second kappa shape index (κ2) is 7.86. The highest BCUT2D eigenvalue weighted by atomic mass is 79.9. The fraction of sp³-hybridized carbons (Fsp3) is 0.385. The van der Waals surface area contributed by atoms with Gasteiger partial charge in [0.2, 0.25) is 0 Å². The highest BCUT2D eigenvalue weighted by Gasteiger charge is 2.16. The Kier molecular flexibility index (Phi) is 6.47. The van der Waals surface area contributed by atoms with Gasteiger partial charge in [0.1, 0.15) is 0 Å². The number of urea groups is 1. The molecule has 0 saturated carbocycles. The first-order chi connectivity index (χ1) is 9.49. The summed E-state index contributed by atoms with van der Waals surface area (Å²) >= 11 is 3.24. The first kappa shape index (κ1) is 16.5. The van der Waals surface area contributed by atoms with E-state index in [0.717, 1.165) is 6.42 Å². The fourth-order valence-corrected chi connectivity index (χ4v) is 2.07. The topological polar surface area (TPSA) is 89.9 Å². The molecule has 2 amide bonds. The lowest BCUT2D eigenvalue weighted by molar-refractivity contribution is 0.0698. The van der Waals surface area contributed by atoms with Crippen LogP contribution in [-0.4, -0.2) is 46.8 Å². The quantitative estimate of drug-likeness (QED) is 0.738. The van der Waals surface area contributed by atoms with E-state index in [1.807, 2.05) is 6.92 Å². The van der Waals surface area contributed by atoms with Crippen molar-refractivity contribution in [3.63, 3.8) is 0 Å². The molecule has 3 N–H and O–H groups in total. The number of benzene rings is 1. The molecule has 0 atom stereocenters. The SMILES string of the molecule is CCCN(CCO)C(=O)Nc1cc(Br)ccc1C(=O)O. The minimum Gasteiger partial charge on any atom is -0.478 e. The van der Waals surface area contributed by atoms with Gasteiger partial charge in [-0.1, -0.05) is 22.9 Å². The number of amides is 2. The first-order valence-corrected chi connectivity index (χ1v) is 6.98. The lowest BCUT2D eigenvalue weighted by Crippen LogP contribution is -2.37. The van der Waals surface area contributed by atoms with Gasteiger partial charge in [-0.05, 0) is 24.6 Å². The van der Waals surface area contributed by atoms with Gasteiger partial charge in [-0.2, -0.15) is 0 Å². The molecule has 0 heterocycles. The van der Waals surface area contributed by atoms with Crippen LogP contribution in [0, 0.1) is 0 Å². The number of nitrogens with zero attached hydrogens (tertiary/aromatic N) is 1. The standard InChI is InChI=1S/C13H17BrN2O4/c1-2-5-16(6-7-17)13(20)15-11-8-9(14)3-4-10(11)12(18)19/h3-4,8,17H,2,5-7H2,1H3,(H,15,20)(H,18,19). The lowest BCUT2D eigenvalue weighted by Gasteiger charge is -2.22. The molecule has 1 aromatic carbocycles. The van der Waals surface area contributed by atoms with Crippen molar-refractivity contribution in [2.24, 2.45) is 0 Å². The molecule has 1 aromatic rings. The molecule has 0 radical (unpaired) electrons. The Morgan fingerprint density at radius 1 is 1.35 bits per heavy atom. The number of carboxylic acid groups (broad SMARTS) is 1. The van der Waals surface area contributed by atoms with E-state index in [-0.39, 0.29) is 24.4 Å². The van der Waals surface area contributed by atoms with Crippen LogP contribution in [-0.2, 0) is 0 Å². The highest BCUT2D eigenvalue weighted by Crippen LogP contribution is 2.22. The number of hydrogen-bond donors (Lipinski definition) is 3. The van der Waals surface area contributed by atoms with E-state index in [0.29, 0.717) is 11.0 Å². The van der Waals surface area contributed by atoms with E-state index >= 15 is 0 Å². The van der Waals surface area contributed by atoms with Crippen LogP contribution in [0.25, 0.3) is 0 Å². The van der Waals surface area contributed by atoms with Crippen LogP contribution < -0.4 is 5.32 Å². The maximum absolute atomic E-state index is 12.1. The van der Waals surface area contributed by atoms with Crippen LogP contribution in [0.4, 0.5) is 10.5 Å². The summed E-state index contributed by atoms with van der Waals surface area (Å²) < 4.78 is 0.669. The second-order valence-electron chi connectivity index (χ2n) is 4.14. The summed E-state index contributed by atoms with van der Waals surface area (Å²) in [6, 6.07) is 4.11. The minimum atomic E-state index is -1.11. The van der Waals surface area contributed by atoms with Crippen LogP contribution in [0.1, 0.15) is 23.7 Å². The molecule has 110 valence electrons. The van der Waals surface area contributed by atoms with Crippen LogP contribution in [0.3, 0.4) is 0 Å². The Morgan fingerprint density at radius 3 is 2.60 bits per heavy atom. The van der Waals surface area contributed by atoms with Crippen molar-refractivity contribution in [1.29, 1.82) is 0 Å². The number of carbonyl (C=O) groups excluding carboxylic acids is 1. The van der Waals surface area contributed by atoms with Gasteiger partial charge < -0.3 is 20.4 Å². The molecule has 0 aromatic heterocycles. The molecule has 0 spiro atoms. The van der Waals surface area contributed by atoms with Crippen molar-refractivity contribution < 1.29 is 19.8 Å². The zero-order chi connectivity index (χ0) is 15.1. The number of hydrogen-bond acceptors (Lipinski definition) is 3. The average Bonchev–Trinajstić information content (AvgIpc) is 2.38. The predicted molar refractivity (Wildman–Crippen MR) is 79.1 cm³/mol. The van der Waals surface area contributed by atoms with Crippen LogP contribution in [0.2, 0.25) is 0 Å². The third kappa shape index (κ3) is 4.50. The maximum atomic E-state index is 12.1. The Bertz CT molecular complexity index is 487. The molecular weight excluding hydrogens is 328 g/mol. The second-order valence-corrected chi connectivity index (χ2v) is 5.05. The van der Waals surface area contributed by atoms with Gasteiger partial charge in [-0.3, -0.25) is 0 Å². The summed E-state index contributed by atoms with van der Waals surface area (Å²) in [4.78, 5) is 24.6. The monoisotopic (exact) mass is 344 g/mol. The number of nitrogens with one attached hydrogen (secondary N) is 1. The van der Waals surface area contributed by atoms with Gasteiger partial charge in [0.05, 0.1) is 17.9 Å². The number of aliphatic hydroxyl groups is 1. The molecule has 0 aliphatic rings. The van der Waals surface area contributed by atoms with Crippen molar-refractivity contribution in [3.8, 4) is 0 Å². The summed E-state index contributed by atoms with van der Waals surface area (Å²) in [5.74, 6) is -1.11. The Labute approximate surface area is 125 Å². The zero-order valence-corrected chi connectivity index (χ0v) is 12.7. The van der Waals surface area contributed by atoms with Gasteiger partial charge in [-0.15, -0.1) is 0 Å². The lowest BCUT2D eigenvalue weighted by atomic mass is 10.2. The van der Waals surface area contributed by atoms with Crippen molar-refractivity contribution in [2.45, 2.75) is 13.3 Å². The van der Waals surface area contributed by atoms with Gasteiger partial charge in [0.15, 0.2) is 0 Å². The molecule has 6 nitrogen and oxygen atoms in total. The number of aliphatic hydroxyl groups excluding tert-OH is 1. The van der Waals surface area contributed by atoms with E-state index in [9.17, 15) is 9.59 Å². The van der Waals surface area contributed by atoms with Crippen LogP contribution in [0.5, 0.6) is 0 Å². The zero-order valence-electron chi connectivity index (χ0n) is 11.1. The smallest absolute Gasteiger partial charge is 0.337 e. The van der Waals surface area contributed by atoms with Crippen molar-refractivity contribution in [2.75, 3.05) is 25.0 Å². The Hall–Kier alpha value is -1.60. The third-order valence-corrected chi connectivity index (χ3v) is 3.10. The van der Waals surface area contributed by atoms with Crippen molar-refractivity contribution in [1.82, 2.24) is 4.90 Å². The van der Waals surface area contributed by atoms with Gasteiger partial charge in [0.25, 0.3) is 0 Å². The van der Waals surface area contributed by atoms with E-state index in [2.05, 4.69) is 21.2 Å². The normalized spacial score (nSPS) is 10.2. The average molecular weight is 345 g/mol. The molecule has 0 fully saturated rings. The minimum absolute atomic E-state index is 0.0157. The van der Waals surface area contributed by atoms with Crippen LogP contribution >= 0.6 is 15.9 Å². The summed E-state index contributed by atoms with van der Waals surface area (Å²) in [6.07, 6.45) is 0.748. The number of aromatic carboxylic acids is 1. The van der Waals surface area contributed by atoms with Gasteiger partial charge in [-0.25, -0.2) is 9.59 Å². The fourth-order valence-electron chi connectivity index (χ4n) is 1.71. The Morgan fingerprint density at radius 2 is 2.05 bits per heavy atom. The Balaban J connectivity index is 2.93. The van der Waals surface area contributed by atoms with Gasteiger partial charge >= 0.3 is 12.0 Å². The largest absolute Gasteiger partial charge is 0.478 e. The highest BCUT2D eigenvalue weighted by molar-refractivity contribution is 9.10. The molecule has 20 heavy (non-hydrogen) atoms. The van der Waals surface area contributed by atoms with E-state index < -0.39 is 12.0 Å². The molecular formula is C13H17BrN2O4. The molecule has 1 rings (SSSR count). The number of halogens is 1. The molecule has 0 aliphatic heterocycles. The van der Waals surface area contributed by atoms with Crippen LogP contribution in [0.15, 0.2) is 22.7 Å². The molecule has 0 aliphatic carbocycles. The molecule has 0 saturated heterocycles. The number of anilines is 1. The van der Waals surface area contributed by atoms with Crippen molar-refractivity contribution in [3.05, 3.63) is 28.2 Å². The first-order valence-electron chi connectivity index (χ1n) is 6.19. The maximum Gasteiger partial charge on any atom is 0.337 e. The number of carboxylic acids is 1. The third-order valence-electron chi connectivity index (χ3n) is 2.60. The summed E-state index contributed by atoms with van der Waals surface area (Å²) in [6.45, 7) is 2.47. The predicted octanol–water partition coefficient (Wildman–Crippen LogP) is 2.38. The summed E-state index contributed by atoms with van der Waals surface area (Å²) in [5, 5.41) is 20.6. The van der Waals surface area contributed by atoms with Gasteiger partial charge in [0, 0.05) is 17.6 Å². The van der Waals surface area contributed by atoms with Crippen molar-refractivity contribution >= 4 is 33.6 Å². The molecule has 0 unspecified atom stereocenters. The van der Waals surface area contributed by atoms with E-state index in [4.69, 9.17) is 10.2 Å². The molecule has 0 bridgehead atoms. The van der Waals surface area contributed by atoms with E-state index in [1.54, 1.807) is 6.07 Å². The number of carbonyl (C=O) groups is 2. The summed E-state index contributed by atoms with van der Waals surface area (Å²) in [7, 11) is 0.